The molecule has 2 N–H and O–H groups in total. The standard InChI is InChI=1S/C31H42N2O6S/c1-30(2,3)18-21-14-16-24(40-21)26(19-11-9-8-10-12-19)33-27(25-28(34)38-31(4,5)39-29(25)35)32-22-15-13-20(36-6)17-23(22)37-7/h13-17,19,26,32-33H,8-12,18H2,1-7H3. The average Bonchev–Trinajstić information content (AvgIpc) is 3.32. The fourth-order valence-corrected chi connectivity index (χ4v) is 6.75. The van der Waals surface area contributed by atoms with E-state index in [0.717, 1.165) is 32.1 Å². The van der Waals surface area contributed by atoms with Gasteiger partial charge in [0.1, 0.15) is 17.3 Å². The smallest absolute Gasteiger partial charge is 0.352 e. The van der Waals surface area contributed by atoms with Crippen LogP contribution in [0.15, 0.2) is 41.7 Å². The van der Waals surface area contributed by atoms with E-state index in [4.69, 9.17) is 18.9 Å². The zero-order valence-corrected chi connectivity index (χ0v) is 25.5. The van der Waals surface area contributed by atoms with Gasteiger partial charge in [-0.25, -0.2) is 9.59 Å². The second-order valence-electron chi connectivity index (χ2n) is 12.2. The van der Waals surface area contributed by atoms with E-state index >= 15 is 0 Å². The number of esters is 2. The Morgan fingerprint density at radius 3 is 2.30 bits per heavy atom. The number of carbonyl (C=O) groups excluding carboxylic acids is 2. The van der Waals surface area contributed by atoms with Gasteiger partial charge in [0.25, 0.3) is 5.79 Å². The van der Waals surface area contributed by atoms with E-state index in [1.807, 2.05) is 0 Å². The molecule has 1 aromatic carbocycles. The molecule has 218 valence electrons. The number of cyclic esters (lactones) is 2. The van der Waals surface area contributed by atoms with Gasteiger partial charge in [-0.05, 0) is 54.9 Å². The molecule has 8 nitrogen and oxygen atoms in total. The molecule has 2 aliphatic rings. The van der Waals surface area contributed by atoms with Crippen molar-refractivity contribution in [2.45, 2.75) is 85.0 Å². The second-order valence-corrected chi connectivity index (χ2v) is 13.4. The molecule has 2 heterocycles. The predicted molar refractivity (Wildman–Crippen MR) is 156 cm³/mol. The number of ether oxygens (including phenoxy) is 4. The molecule has 2 fully saturated rings. The largest absolute Gasteiger partial charge is 0.497 e. The maximum absolute atomic E-state index is 13.3. The lowest BCUT2D eigenvalue weighted by molar-refractivity contribution is -0.222. The first-order valence-corrected chi connectivity index (χ1v) is 14.8. The molecule has 40 heavy (non-hydrogen) atoms. The monoisotopic (exact) mass is 570 g/mol. The Labute approximate surface area is 241 Å². The van der Waals surface area contributed by atoms with Crippen molar-refractivity contribution in [3.05, 3.63) is 51.5 Å². The van der Waals surface area contributed by atoms with Crippen molar-refractivity contribution in [3.8, 4) is 11.5 Å². The molecule has 1 aromatic heterocycles. The lowest BCUT2D eigenvalue weighted by Crippen LogP contribution is -2.44. The Morgan fingerprint density at radius 2 is 1.70 bits per heavy atom. The van der Waals surface area contributed by atoms with Gasteiger partial charge in [0.05, 0.1) is 25.9 Å². The van der Waals surface area contributed by atoms with Crippen LogP contribution in [0.1, 0.15) is 82.5 Å². The molecule has 2 aromatic rings. The number of anilines is 1. The van der Waals surface area contributed by atoms with Crippen LogP contribution >= 0.6 is 11.3 Å². The molecular weight excluding hydrogens is 528 g/mol. The molecule has 1 unspecified atom stereocenters. The van der Waals surface area contributed by atoms with E-state index in [-0.39, 0.29) is 22.9 Å². The minimum atomic E-state index is -1.35. The zero-order valence-electron chi connectivity index (χ0n) is 24.6. The summed E-state index contributed by atoms with van der Waals surface area (Å²) in [5.74, 6) is -1.16. The van der Waals surface area contributed by atoms with E-state index in [0.29, 0.717) is 23.1 Å². The Bertz CT molecular complexity index is 1230. The van der Waals surface area contributed by atoms with Crippen molar-refractivity contribution >= 4 is 29.0 Å². The normalized spacial score (nSPS) is 18.4. The number of nitrogens with one attached hydrogen (secondary N) is 2. The molecule has 0 bridgehead atoms. The summed E-state index contributed by atoms with van der Waals surface area (Å²) in [5.41, 5.74) is 0.521. The highest BCUT2D eigenvalue weighted by molar-refractivity contribution is 7.12. The van der Waals surface area contributed by atoms with Crippen molar-refractivity contribution in [2.75, 3.05) is 19.5 Å². The van der Waals surface area contributed by atoms with Gasteiger partial charge >= 0.3 is 11.9 Å². The van der Waals surface area contributed by atoms with Gasteiger partial charge in [-0.3, -0.25) is 0 Å². The summed E-state index contributed by atoms with van der Waals surface area (Å²) >= 11 is 1.78. The Morgan fingerprint density at radius 1 is 1.02 bits per heavy atom. The van der Waals surface area contributed by atoms with Crippen LogP contribution in [0.25, 0.3) is 0 Å². The Kier molecular flexibility index (Phi) is 9.02. The quantitative estimate of drug-likeness (QED) is 0.195. The summed E-state index contributed by atoms with van der Waals surface area (Å²) in [7, 11) is 3.13. The fourth-order valence-electron chi connectivity index (χ4n) is 5.29. The predicted octanol–water partition coefficient (Wildman–Crippen LogP) is 6.72. The molecule has 1 atom stereocenters. The molecule has 1 aliphatic heterocycles. The van der Waals surface area contributed by atoms with E-state index < -0.39 is 17.7 Å². The minimum Gasteiger partial charge on any atom is -0.497 e. The zero-order chi connectivity index (χ0) is 29.1. The highest BCUT2D eigenvalue weighted by Crippen LogP contribution is 2.40. The molecule has 0 amide bonds. The molecule has 9 heteroatoms. The average molecular weight is 571 g/mol. The van der Waals surface area contributed by atoms with E-state index in [9.17, 15) is 9.59 Å². The summed E-state index contributed by atoms with van der Waals surface area (Å²) in [6.45, 7) is 9.79. The minimum absolute atomic E-state index is 0.117. The summed E-state index contributed by atoms with van der Waals surface area (Å²) in [6.07, 6.45) is 6.59. The number of rotatable bonds is 9. The van der Waals surface area contributed by atoms with Crippen LogP contribution in [-0.4, -0.2) is 31.9 Å². The lowest BCUT2D eigenvalue weighted by atomic mass is 9.83. The number of hydrogen-bond acceptors (Lipinski definition) is 9. The number of thiophene rings is 1. The first-order chi connectivity index (χ1) is 18.9. The van der Waals surface area contributed by atoms with Crippen molar-refractivity contribution in [1.29, 1.82) is 0 Å². The van der Waals surface area contributed by atoms with Crippen LogP contribution in [0, 0.1) is 11.3 Å². The third kappa shape index (κ3) is 7.30. The van der Waals surface area contributed by atoms with Crippen LogP contribution in [0.5, 0.6) is 11.5 Å². The summed E-state index contributed by atoms with van der Waals surface area (Å²) in [5, 5.41) is 6.88. The van der Waals surface area contributed by atoms with E-state index in [1.54, 1.807) is 57.6 Å². The molecule has 1 aliphatic carbocycles. The Hall–Kier alpha value is -3.20. The van der Waals surface area contributed by atoms with Crippen molar-refractivity contribution < 1.29 is 28.5 Å². The molecule has 4 rings (SSSR count). The van der Waals surface area contributed by atoms with E-state index in [2.05, 4.69) is 43.5 Å². The van der Waals surface area contributed by atoms with Crippen LogP contribution in [0.3, 0.4) is 0 Å². The number of carbonyl (C=O) groups is 2. The molecule has 1 saturated heterocycles. The maximum Gasteiger partial charge on any atom is 0.352 e. The first kappa shape index (κ1) is 29.8. The van der Waals surface area contributed by atoms with E-state index in [1.165, 1.54) is 16.2 Å². The van der Waals surface area contributed by atoms with Crippen molar-refractivity contribution in [3.63, 3.8) is 0 Å². The molecule has 0 radical (unpaired) electrons. The highest BCUT2D eigenvalue weighted by Gasteiger charge is 2.42. The maximum atomic E-state index is 13.3. The van der Waals surface area contributed by atoms with Crippen LogP contribution < -0.4 is 20.1 Å². The van der Waals surface area contributed by atoms with Gasteiger partial charge in [-0.2, -0.15) is 0 Å². The van der Waals surface area contributed by atoms with Crippen LogP contribution in [0.2, 0.25) is 0 Å². The SMILES string of the molecule is COc1ccc(NC(NC(c2ccc(CC(C)(C)C)s2)C2CCCCC2)=C2C(=O)OC(C)(C)OC2=O)c(OC)c1. The second kappa shape index (κ2) is 12.1. The molecular formula is C31H42N2O6S. The van der Waals surface area contributed by atoms with Crippen LogP contribution in [-0.2, 0) is 25.5 Å². The van der Waals surface area contributed by atoms with Gasteiger partial charge in [0.2, 0.25) is 0 Å². The van der Waals surface area contributed by atoms with Gasteiger partial charge in [0, 0.05) is 29.7 Å². The van der Waals surface area contributed by atoms with Gasteiger partial charge in [0.15, 0.2) is 5.57 Å². The van der Waals surface area contributed by atoms with Crippen molar-refractivity contribution in [2.24, 2.45) is 11.3 Å². The van der Waals surface area contributed by atoms with Crippen molar-refractivity contribution in [1.82, 2.24) is 5.32 Å². The third-order valence-electron chi connectivity index (χ3n) is 7.12. The number of hydrogen-bond donors (Lipinski definition) is 2. The molecule has 1 saturated carbocycles. The summed E-state index contributed by atoms with van der Waals surface area (Å²) < 4.78 is 21.9. The summed E-state index contributed by atoms with van der Waals surface area (Å²) in [6, 6.07) is 9.56. The van der Waals surface area contributed by atoms with Crippen LogP contribution in [0.4, 0.5) is 5.69 Å². The number of benzene rings is 1. The topological polar surface area (TPSA) is 95.1 Å². The Balaban J connectivity index is 1.78. The first-order valence-electron chi connectivity index (χ1n) is 13.9. The van der Waals surface area contributed by atoms with Gasteiger partial charge in [-0.15, -0.1) is 11.3 Å². The molecule has 0 spiro atoms. The third-order valence-corrected chi connectivity index (χ3v) is 8.29. The lowest BCUT2D eigenvalue weighted by Gasteiger charge is -2.34. The highest BCUT2D eigenvalue weighted by atomic mass is 32.1. The number of methoxy groups -OCH3 is 2. The summed E-state index contributed by atoms with van der Waals surface area (Å²) in [4.78, 5) is 29.0. The van der Waals surface area contributed by atoms with Gasteiger partial charge in [-0.1, -0.05) is 40.0 Å². The van der Waals surface area contributed by atoms with Gasteiger partial charge < -0.3 is 29.6 Å². The fraction of sp³-hybridized carbons (Fsp3) is 0.548.